The average Bonchev–Trinajstić information content (AvgIpc) is 2.73. The van der Waals surface area contributed by atoms with Gasteiger partial charge < -0.3 is 10.2 Å². The molecule has 0 spiro atoms. The first-order valence-corrected chi connectivity index (χ1v) is 11.9. The normalized spacial score (nSPS) is 33.5. The van der Waals surface area contributed by atoms with E-state index in [0.29, 0.717) is 18.4 Å². The molecule has 7 rings (SSSR count). The smallest absolute Gasteiger partial charge is 0.254 e. The molecule has 4 fully saturated rings. The molecule has 4 saturated carbocycles. The summed E-state index contributed by atoms with van der Waals surface area (Å²) in [6.07, 6.45) is 6.73. The summed E-state index contributed by atoms with van der Waals surface area (Å²) in [4.78, 5) is 15.1. The number of fused-ring (bicyclic) bond motifs is 1. The van der Waals surface area contributed by atoms with Gasteiger partial charge in [-0.05, 0) is 85.5 Å². The van der Waals surface area contributed by atoms with E-state index in [0.717, 1.165) is 61.2 Å². The summed E-state index contributed by atoms with van der Waals surface area (Å²) in [5.74, 6) is 1.27. The summed E-state index contributed by atoms with van der Waals surface area (Å²) < 4.78 is 15.3. The van der Waals surface area contributed by atoms with Crippen molar-refractivity contribution in [1.29, 1.82) is 0 Å². The molecule has 2 aromatic rings. The van der Waals surface area contributed by atoms with Gasteiger partial charge in [-0.15, -0.1) is 0 Å². The summed E-state index contributed by atoms with van der Waals surface area (Å²) in [6.45, 7) is 2.23. The molecule has 0 radical (unpaired) electrons. The maximum Gasteiger partial charge on any atom is 0.254 e. The molecular weight excluding hydrogens is 387 g/mol. The monoisotopic (exact) mass is 418 g/mol. The Labute approximate surface area is 184 Å². The molecule has 2 atom stereocenters. The van der Waals surface area contributed by atoms with E-state index in [1.165, 1.54) is 19.3 Å². The number of benzene rings is 2. The maximum absolute atomic E-state index is 15.3. The molecule has 1 aliphatic heterocycles. The van der Waals surface area contributed by atoms with Gasteiger partial charge in [-0.2, -0.15) is 0 Å². The van der Waals surface area contributed by atoms with E-state index in [1.807, 2.05) is 35.2 Å². The van der Waals surface area contributed by atoms with Crippen molar-refractivity contribution in [3.05, 3.63) is 65.2 Å². The van der Waals surface area contributed by atoms with Crippen LogP contribution in [0, 0.1) is 17.3 Å². The van der Waals surface area contributed by atoms with Crippen LogP contribution in [0.5, 0.6) is 0 Å². The molecule has 4 bridgehead atoms. The molecule has 162 valence electrons. The fraction of sp³-hybridized carbons (Fsp3) is 0.519. The Kier molecular flexibility index (Phi) is 4.42. The van der Waals surface area contributed by atoms with Gasteiger partial charge in [0.25, 0.3) is 5.91 Å². The van der Waals surface area contributed by atoms with Crippen molar-refractivity contribution < 1.29 is 9.18 Å². The SMILES string of the molecule is O=C1c2cccc(NCC34CC5CC(CC(F)(C5)C3)C4)c2CCN1Cc1ccccc1. The number of carbonyl (C=O) groups excluding carboxylic acids is 1. The first kappa shape index (κ1) is 19.3. The zero-order chi connectivity index (χ0) is 21.1. The molecule has 3 nitrogen and oxygen atoms in total. The van der Waals surface area contributed by atoms with Crippen LogP contribution in [-0.4, -0.2) is 29.6 Å². The number of amides is 1. The van der Waals surface area contributed by atoms with Gasteiger partial charge in [-0.3, -0.25) is 4.79 Å². The molecule has 1 heterocycles. The first-order valence-electron chi connectivity index (χ1n) is 11.9. The van der Waals surface area contributed by atoms with E-state index in [1.54, 1.807) is 0 Å². The Balaban J connectivity index is 1.19. The third-order valence-electron chi connectivity index (χ3n) is 8.31. The molecule has 2 aromatic carbocycles. The fourth-order valence-corrected chi connectivity index (χ4v) is 7.52. The highest BCUT2D eigenvalue weighted by atomic mass is 19.1. The summed E-state index contributed by atoms with van der Waals surface area (Å²) in [7, 11) is 0. The van der Waals surface area contributed by atoms with Crippen LogP contribution in [-0.2, 0) is 13.0 Å². The molecular formula is C27H31FN2O. The minimum atomic E-state index is -0.921. The lowest BCUT2D eigenvalue weighted by Gasteiger charge is -2.59. The van der Waals surface area contributed by atoms with Crippen molar-refractivity contribution >= 4 is 11.6 Å². The number of alkyl halides is 1. The molecule has 0 saturated heterocycles. The van der Waals surface area contributed by atoms with Gasteiger partial charge in [0.1, 0.15) is 5.67 Å². The van der Waals surface area contributed by atoms with Crippen LogP contribution in [0.2, 0.25) is 0 Å². The van der Waals surface area contributed by atoms with E-state index in [2.05, 4.69) is 23.5 Å². The summed E-state index contributed by atoms with van der Waals surface area (Å²) in [5, 5.41) is 3.69. The summed E-state index contributed by atoms with van der Waals surface area (Å²) in [6, 6.07) is 16.2. The van der Waals surface area contributed by atoms with Crippen molar-refractivity contribution in [2.45, 2.75) is 57.2 Å². The number of anilines is 1. The van der Waals surface area contributed by atoms with E-state index >= 15 is 4.39 Å². The summed E-state index contributed by atoms with van der Waals surface area (Å²) >= 11 is 0. The second-order valence-corrected chi connectivity index (χ2v) is 10.8. The predicted molar refractivity (Wildman–Crippen MR) is 121 cm³/mol. The van der Waals surface area contributed by atoms with E-state index in [4.69, 9.17) is 0 Å². The highest BCUT2D eigenvalue weighted by Crippen LogP contribution is 2.62. The van der Waals surface area contributed by atoms with Crippen molar-refractivity contribution in [2.75, 3.05) is 18.4 Å². The van der Waals surface area contributed by atoms with Crippen LogP contribution in [0.4, 0.5) is 10.1 Å². The largest absolute Gasteiger partial charge is 0.384 e. The Morgan fingerprint density at radius 1 is 1.00 bits per heavy atom. The summed E-state index contributed by atoms with van der Waals surface area (Å²) in [5.41, 5.74) is 3.37. The molecule has 1 amide bonds. The standard InChI is InChI=1S/C27H31FN2O/c28-27-14-20-11-21(15-27)13-26(12-20,17-27)18-29-24-8-4-7-23-22(24)9-10-30(25(23)31)16-19-5-2-1-3-6-19/h1-8,20-21,29H,9-18H2. The third kappa shape index (κ3) is 3.44. The lowest BCUT2D eigenvalue weighted by atomic mass is 9.48. The zero-order valence-corrected chi connectivity index (χ0v) is 18.1. The lowest BCUT2D eigenvalue weighted by molar-refractivity contribution is -0.117. The predicted octanol–water partition coefficient (Wildman–Crippen LogP) is 5.61. The molecule has 1 N–H and O–H groups in total. The van der Waals surface area contributed by atoms with E-state index < -0.39 is 5.67 Å². The van der Waals surface area contributed by atoms with E-state index in [9.17, 15) is 4.79 Å². The molecule has 4 aliphatic carbocycles. The Morgan fingerprint density at radius 3 is 2.52 bits per heavy atom. The van der Waals surface area contributed by atoms with Crippen molar-refractivity contribution in [1.82, 2.24) is 4.90 Å². The molecule has 2 unspecified atom stereocenters. The van der Waals surface area contributed by atoms with Gasteiger partial charge in [0.15, 0.2) is 0 Å². The van der Waals surface area contributed by atoms with Crippen LogP contribution < -0.4 is 5.32 Å². The minimum absolute atomic E-state index is 0.0968. The number of hydrogen-bond acceptors (Lipinski definition) is 2. The van der Waals surface area contributed by atoms with Gasteiger partial charge in [0.05, 0.1) is 0 Å². The first-order chi connectivity index (χ1) is 15.0. The number of carbonyl (C=O) groups is 1. The second kappa shape index (κ2) is 7.08. The molecule has 0 aromatic heterocycles. The van der Waals surface area contributed by atoms with Crippen LogP contribution in [0.1, 0.15) is 60.0 Å². The van der Waals surface area contributed by atoms with Gasteiger partial charge in [-0.25, -0.2) is 4.39 Å². The Bertz CT molecular complexity index is 990. The molecule has 5 aliphatic rings. The van der Waals surface area contributed by atoms with Crippen molar-refractivity contribution in [3.8, 4) is 0 Å². The highest BCUT2D eigenvalue weighted by Gasteiger charge is 2.58. The number of halogens is 1. The van der Waals surface area contributed by atoms with Crippen molar-refractivity contribution in [2.24, 2.45) is 17.3 Å². The maximum atomic E-state index is 15.3. The molecule has 4 heteroatoms. The minimum Gasteiger partial charge on any atom is -0.384 e. The van der Waals surface area contributed by atoms with Crippen LogP contribution in [0.15, 0.2) is 48.5 Å². The van der Waals surface area contributed by atoms with Crippen molar-refractivity contribution in [3.63, 3.8) is 0 Å². The van der Waals surface area contributed by atoms with Gasteiger partial charge in [0, 0.05) is 30.9 Å². The average molecular weight is 419 g/mol. The number of hydrogen-bond donors (Lipinski definition) is 1. The zero-order valence-electron chi connectivity index (χ0n) is 18.1. The van der Waals surface area contributed by atoms with Gasteiger partial charge in [-0.1, -0.05) is 36.4 Å². The molecule has 31 heavy (non-hydrogen) atoms. The highest BCUT2D eigenvalue weighted by molar-refractivity contribution is 5.98. The third-order valence-corrected chi connectivity index (χ3v) is 8.31. The van der Waals surface area contributed by atoms with E-state index in [-0.39, 0.29) is 11.3 Å². The Morgan fingerprint density at radius 2 is 1.77 bits per heavy atom. The number of rotatable bonds is 5. The van der Waals surface area contributed by atoms with Crippen LogP contribution in [0.25, 0.3) is 0 Å². The van der Waals surface area contributed by atoms with Gasteiger partial charge in [0.2, 0.25) is 0 Å². The van der Waals surface area contributed by atoms with Crippen LogP contribution in [0.3, 0.4) is 0 Å². The van der Waals surface area contributed by atoms with Gasteiger partial charge >= 0.3 is 0 Å². The quantitative estimate of drug-likeness (QED) is 0.685. The number of nitrogens with one attached hydrogen (secondary N) is 1. The second-order valence-electron chi connectivity index (χ2n) is 10.8. The van der Waals surface area contributed by atoms with Crippen LogP contribution >= 0.6 is 0 Å². The Hall–Kier alpha value is -2.36. The lowest BCUT2D eigenvalue weighted by Crippen LogP contribution is -2.55. The fourth-order valence-electron chi connectivity index (χ4n) is 7.52. The topological polar surface area (TPSA) is 32.3 Å². The number of nitrogens with zero attached hydrogens (tertiary/aromatic N) is 1.